The molecule has 16 heavy (non-hydrogen) atoms. The third kappa shape index (κ3) is 2.85. The third-order valence-corrected chi connectivity index (χ3v) is 2.04. The zero-order chi connectivity index (χ0) is 12.3. The minimum atomic E-state index is -1.10. The van der Waals surface area contributed by atoms with Gasteiger partial charge in [0.2, 0.25) is 0 Å². The summed E-state index contributed by atoms with van der Waals surface area (Å²) in [7, 11) is 1.66. The van der Waals surface area contributed by atoms with Gasteiger partial charge in [0.1, 0.15) is 6.26 Å². The summed E-state index contributed by atoms with van der Waals surface area (Å²) in [5, 5.41) is 8.68. The normalized spacial score (nSPS) is 10.5. The van der Waals surface area contributed by atoms with Crippen molar-refractivity contribution in [2.24, 2.45) is 5.92 Å². The monoisotopic (exact) mass is 225 g/mol. The molecular weight excluding hydrogens is 210 g/mol. The van der Waals surface area contributed by atoms with Crippen molar-refractivity contribution in [3.05, 3.63) is 23.7 Å². The molecule has 0 unspecified atom stereocenters. The molecule has 1 rings (SSSR count). The Morgan fingerprint density at radius 1 is 1.50 bits per heavy atom. The van der Waals surface area contributed by atoms with Gasteiger partial charge in [-0.05, 0) is 5.92 Å². The Kier molecular flexibility index (Phi) is 3.71. The third-order valence-electron chi connectivity index (χ3n) is 2.04. The number of carboxylic acid groups (broad SMARTS) is 1. The number of carbonyl (C=O) groups excluding carboxylic acids is 1. The summed E-state index contributed by atoms with van der Waals surface area (Å²) in [6, 6.07) is 1.24. The van der Waals surface area contributed by atoms with E-state index < -0.39 is 5.97 Å². The van der Waals surface area contributed by atoms with Gasteiger partial charge in [0, 0.05) is 19.7 Å². The van der Waals surface area contributed by atoms with Crippen LogP contribution >= 0.6 is 0 Å². The number of furan rings is 1. The molecule has 1 N–H and O–H groups in total. The molecule has 88 valence electrons. The van der Waals surface area contributed by atoms with E-state index in [1.54, 1.807) is 7.05 Å². The van der Waals surface area contributed by atoms with Gasteiger partial charge in [-0.3, -0.25) is 4.79 Å². The largest absolute Gasteiger partial charge is 0.478 e. The Morgan fingerprint density at radius 2 is 2.12 bits per heavy atom. The van der Waals surface area contributed by atoms with Gasteiger partial charge in [-0.15, -0.1) is 0 Å². The Labute approximate surface area is 93.7 Å². The second-order valence-electron chi connectivity index (χ2n) is 4.08. The van der Waals surface area contributed by atoms with Crippen molar-refractivity contribution >= 4 is 11.9 Å². The Balaban J connectivity index is 2.76. The molecule has 0 saturated heterocycles. The maximum absolute atomic E-state index is 11.8. The topological polar surface area (TPSA) is 70.8 Å². The summed E-state index contributed by atoms with van der Waals surface area (Å²) in [6.07, 6.45) is 1.07. The first-order valence-electron chi connectivity index (χ1n) is 4.99. The maximum Gasteiger partial charge on any atom is 0.338 e. The molecule has 5 nitrogen and oxygen atoms in total. The number of amides is 1. The van der Waals surface area contributed by atoms with Crippen LogP contribution in [0.25, 0.3) is 0 Å². The Bertz CT molecular complexity index is 394. The van der Waals surface area contributed by atoms with Crippen LogP contribution in [0.5, 0.6) is 0 Å². The van der Waals surface area contributed by atoms with E-state index >= 15 is 0 Å². The molecule has 1 aromatic rings. The molecule has 1 aromatic heterocycles. The number of hydrogen-bond donors (Lipinski definition) is 1. The number of nitrogens with zero attached hydrogens (tertiary/aromatic N) is 1. The highest BCUT2D eigenvalue weighted by molar-refractivity contribution is 5.95. The number of hydrogen-bond acceptors (Lipinski definition) is 3. The molecule has 0 aromatic carbocycles. The molecule has 0 fully saturated rings. The zero-order valence-electron chi connectivity index (χ0n) is 9.56. The fraction of sp³-hybridized carbons (Fsp3) is 0.455. The van der Waals surface area contributed by atoms with Gasteiger partial charge in [0.15, 0.2) is 5.76 Å². The van der Waals surface area contributed by atoms with Gasteiger partial charge in [-0.2, -0.15) is 0 Å². The van der Waals surface area contributed by atoms with Crippen LogP contribution in [0, 0.1) is 5.92 Å². The second kappa shape index (κ2) is 4.83. The van der Waals surface area contributed by atoms with Crippen LogP contribution in [0.1, 0.15) is 34.8 Å². The Hall–Kier alpha value is -1.78. The van der Waals surface area contributed by atoms with E-state index in [2.05, 4.69) is 0 Å². The zero-order valence-corrected chi connectivity index (χ0v) is 9.56. The van der Waals surface area contributed by atoms with Crippen molar-refractivity contribution in [1.29, 1.82) is 0 Å². The molecule has 0 aliphatic heterocycles. The summed E-state index contributed by atoms with van der Waals surface area (Å²) in [5.74, 6) is -1.00. The van der Waals surface area contributed by atoms with Crippen molar-refractivity contribution in [2.45, 2.75) is 13.8 Å². The summed E-state index contributed by atoms with van der Waals surface area (Å²) in [4.78, 5) is 23.9. The second-order valence-corrected chi connectivity index (χ2v) is 4.08. The van der Waals surface area contributed by atoms with E-state index in [1.807, 2.05) is 13.8 Å². The smallest absolute Gasteiger partial charge is 0.338 e. The van der Waals surface area contributed by atoms with Gasteiger partial charge < -0.3 is 14.4 Å². The van der Waals surface area contributed by atoms with Crippen LogP contribution in [0.15, 0.2) is 16.7 Å². The molecule has 0 radical (unpaired) electrons. The molecule has 0 bridgehead atoms. The molecule has 0 saturated carbocycles. The molecule has 0 aliphatic carbocycles. The van der Waals surface area contributed by atoms with Crippen molar-refractivity contribution in [3.8, 4) is 0 Å². The molecule has 0 spiro atoms. The first-order valence-corrected chi connectivity index (χ1v) is 4.99. The first-order chi connectivity index (χ1) is 7.41. The lowest BCUT2D eigenvalue weighted by Crippen LogP contribution is -2.29. The molecule has 0 aliphatic rings. The highest BCUT2D eigenvalue weighted by Crippen LogP contribution is 2.11. The predicted molar refractivity (Wildman–Crippen MR) is 57.5 cm³/mol. The number of carboxylic acids is 1. The minimum absolute atomic E-state index is 0.0127. The highest BCUT2D eigenvalue weighted by atomic mass is 16.4. The summed E-state index contributed by atoms with van der Waals surface area (Å²) in [6.45, 7) is 4.59. The van der Waals surface area contributed by atoms with E-state index in [4.69, 9.17) is 9.52 Å². The van der Waals surface area contributed by atoms with Gasteiger partial charge >= 0.3 is 5.97 Å². The van der Waals surface area contributed by atoms with E-state index in [0.717, 1.165) is 6.26 Å². The lowest BCUT2D eigenvalue weighted by molar-refractivity contribution is 0.0695. The number of aromatic carboxylic acids is 1. The predicted octanol–water partition coefficient (Wildman–Crippen LogP) is 1.71. The van der Waals surface area contributed by atoms with Crippen LogP contribution in [0.2, 0.25) is 0 Å². The first kappa shape index (κ1) is 12.3. The molecule has 5 heteroatoms. The van der Waals surface area contributed by atoms with E-state index in [1.165, 1.54) is 11.0 Å². The van der Waals surface area contributed by atoms with Gasteiger partial charge in [0.25, 0.3) is 5.91 Å². The van der Waals surface area contributed by atoms with Crippen molar-refractivity contribution in [3.63, 3.8) is 0 Å². The lowest BCUT2D eigenvalue weighted by Gasteiger charge is -2.17. The van der Waals surface area contributed by atoms with Crippen molar-refractivity contribution < 1.29 is 19.1 Å². The molecule has 0 atom stereocenters. The van der Waals surface area contributed by atoms with Crippen LogP contribution in [0.3, 0.4) is 0 Å². The van der Waals surface area contributed by atoms with Gasteiger partial charge in [-0.1, -0.05) is 13.8 Å². The standard InChI is InChI=1S/C11H15NO4/c1-7(2)5-12(3)10(13)9-4-8(6-16-9)11(14)15/h4,6-7H,5H2,1-3H3,(H,14,15). The van der Waals surface area contributed by atoms with Gasteiger partial charge in [-0.25, -0.2) is 4.79 Å². The minimum Gasteiger partial charge on any atom is -0.478 e. The lowest BCUT2D eigenvalue weighted by atomic mass is 10.2. The Morgan fingerprint density at radius 3 is 2.56 bits per heavy atom. The van der Waals surface area contributed by atoms with Gasteiger partial charge in [0.05, 0.1) is 5.56 Å². The highest BCUT2D eigenvalue weighted by Gasteiger charge is 2.18. The molecule has 1 amide bonds. The fourth-order valence-corrected chi connectivity index (χ4v) is 1.38. The molecular formula is C11H15NO4. The van der Waals surface area contributed by atoms with E-state index in [9.17, 15) is 9.59 Å². The van der Waals surface area contributed by atoms with Crippen LogP contribution < -0.4 is 0 Å². The number of carbonyl (C=O) groups is 2. The van der Waals surface area contributed by atoms with Crippen molar-refractivity contribution in [2.75, 3.05) is 13.6 Å². The quantitative estimate of drug-likeness (QED) is 0.846. The SMILES string of the molecule is CC(C)CN(C)C(=O)c1cc(C(=O)O)co1. The summed E-state index contributed by atoms with van der Waals surface area (Å²) >= 11 is 0. The van der Waals surface area contributed by atoms with E-state index in [-0.39, 0.29) is 17.2 Å². The maximum atomic E-state index is 11.8. The number of rotatable bonds is 4. The average molecular weight is 225 g/mol. The average Bonchev–Trinajstić information content (AvgIpc) is 2.64. The fourth-order valence-electron chi connectivity index (χ4n) is 1.38. The van der Waals surface area contributed by atoms with Crippen LogP contribution in [-0.4, -0.2) is 35.5 Å². The van der Waals surface area contributed by atoms with Crippen LogP contribution in [0.4, 0.5) is 0 Å². The van der Waals surface area contributed by atoms with E-state index in [0.29, 0.717) is 12.5 Å². The van der Waals surface area contributed by atoms with Crippen LogP contribution in [-0.2, 0) is 0 Å². The molecule has 1 heterocycles. The summed E-state index contributed by atoms with van der Waals surface area (Å²) < 4.78 is 4.92. The summed E-state index contributed by atoms with van der Waals surface area (Å²) in [5.41, 5.74) is -0.0127. The van der Waals surface area contributed by atoms with Crippen molar-refractivity contribution in [1.82, 2.24) is 4.90 Å².